The van der Waals surface area contributed by atoms with Gasteiger partial charge in [-0.2, -0.15) is 0 Å². The third-order valence-corrected chi connectivity index (χ3v) is 4.87. The zero-order valence-electron chi connectivity index (χ0n) is 13.3. The number of aliphatic hydroxyl groups excluding tert-OH is 1. The molecule has 1 aliphatic heterocycles. The molecule has 0 spiro atoms. The average molecular weight is 309 g/mol. The minimum atomic E-state index is -0.509. The molecule has 0 bridgehead atoms. The molecule has 0 aromatic heterocycles. The van der Waals surface area contributed by atoms with E-state index in [9.17, 15) is 14.3 Å². The molecule has 1 N–H and O–H groups in total. The first-order chi connectivity index (χ1) is 10.5. The molecule has 4 nitrogen and oxygen atoms in total. The highest BCUT2D eigenvalue weighted by atomic mass is 19.1. The van der Waals surface area contributed by atoms with E-state index in [1.807, 2.05) is 0 Å². The standard InChI is InChI=1S/C17H24FNO3/c1-3-17(12-20)6-8-19(9-7-17)11-13-4-5-14(18)10-15(13)16(21)22-2/h4-5,10,20H,3,6-9,11-12H2,1-2H3. The predicted molar refractivity (Wildman–Crippen MR) is 82.1 cm³/mol. The summed E-state index contributed by atoms with van der Waals surface area (Å²) in [4.78, 5) is 14.0. The Kier molecular flexibility index (Phi) is 5.53. The number of esters is 1. The molecule has 1 aromatic carbocycles. The molecule has 5 heteroatoms. The van der Waals surface area contributed by atoms with Gasteiger partial charge in [-0.05, 0) is 55.5 Å². The van der Waals surface area contributed by atoms with E-state index in [2.05, 4.69) is 11.8 Å². The number of carbonyl (C=O) groups excluding carboxylic acids is 1. The summed E-state index contributed by atoms with van der Waals surface area (Å²) in [7, 11) is 1.30. The van der Waals surface area contributed by atoms with Crippen molar-refractivity contribution in [2.75, 3.05) is 26.8 Å². The second-order valence-electron chi connectivity index (χ2n) is 6.08. The van der Waals surface area contributed by atoms with Gasteiger partial charge in [-0.3, -0.25) is 4.90 Å². The van der Waals surface area contributed by atoms with Crippen LogP contribution in [0.1, 0.15) is 42.1 Å². The van der Waals surface area contributed by atoms with Crippen molar-refractivity contribution in [2.24, 2.45) is 5.41 Å². The molecular formula is C17H24FNO3. The number of nitrogens with zero attached hydrogens (tertiary/aromatic N) is 1. The molecule has 122 valence electrons. The molecule has 0 radical (unpaired) electrons. The zero-order valence-corrected chi connectivity index (χ0v) is 13.3. The average Bonchev–Trinajstić information content (AvgIpc) is 2.56. The minimum absolute atomic E-state index is 0.0322. The lowest BCUT2D eigenvalue weighted by Gasteiger charge is -2.40. The summed E-state index contributed by atoms with van der Waals surface area (Å²) in [5, 5.41) is 9.58. The Labute approximate surface area is 130 Å². The van der Waals surface area contributed by atoms with Gasteiger partial charge in [-0.25, -0.2) is 9.18 Å². The van der Waals surface area contributed by atoms with Crippen molar-refractivity contribution in [2.45, 2.75) is 32.7 Å². The van der Waals surface area contributed by atoms with Gasteiger partial charge in [0.1, 0.15) is 5.82 Å². The number of hydrogen-bond acceptors (Lipinski definition) is 4. The van der Waals surface area contributed by atoms with Crippen LogP contribution < -0.4 is 0 Å². The van der Waals surface area contributed by atoms with Crippen LogP contribution in [0, 0.1) is 11.2 Å². The number of methoxy groups -OCH3 is 1. The molecule has 1 fully saturated rings. The summed E-state index contributed by atoms with van der Waals surface area (Å²) >= 11 is 0. The molecule has 0 aliphatic carbocycles. The van der Waals surface area contributed by atoms with Gasteiger partial charge in [0.05, 0.1) is 12.7 Å². The Bertz CT molecular complexity index is 519. The first-order valence-electron chi connectivity index (χ1n) is 7.73. The summed E-state index contributed by atoms with van der Waals surface area (Å²) in [6, 6.07) is 4.25. The van der Waals surface area contributed by atoms with Crippen molar-refractivity contribution >= 4 is 5.97 Å². The monoisotopic (exact) mass is 309 g/mol. The molecule has 0 atom stereocenters. The second-order valence-corrected chi connectivity index (χ2v) is 6.08. The molecule has 1 heterocycles. The number of ether oxygens (including phenoxy) is 1. The maximum atomic E-state index is 13.4. The van der Waals surface area contributed by atoms with Gasteiger partial charge < -0.3 is 9.84 Å². The van der Waals surface area contributed by atoms with E-state index in [0.29, 0.717) is 6.54 Å². The van der Waals surface area contributed by atoms with Crippen LogP contribution in [0.3, 0.4) is 0 Å². The van der Waals surface area contributed by atoms with Crippen molar-refractivity contribution in [3.8, 4) is 0 Å². The molecule has 1 aromatic rings. The third kappa shape index (κ3) is 3.65. The Hall–Kier alpha value is -1.46. The van der Waals surface area contributed by atoms with Gasteiger partial charge in [0.2, 0.25) is 0 Å². The summed E-state index contributed by atoms with van der Waals surface area (Å²) in [6.45, 7) is 4.66. The Balaban J connectivity index is 2.08. The quantitative estimate of drug-likeness (QED) is 0.850. The van der Waals surface area contributed by atoms with Crippen LogP contribution in [-0.2, 0) is 11.3 Å². The van der Waals surface area contributed by atoms with Crippen LogP contribution in [-0.4, -0.2) is 42.8 Å². The molecule has 0 amide bonds. The first-order valence-corrected chi connectivity index (χ1v) is 7.73. The van der Waals surface area contributed by atoms with Gasteiger partial charge in [0.15, 0.2) is 0 Å². The highest BCUT2D eigenvalue weighted by Gasteiger charge is 2.32. The molecular weight excluding hydrogens is 285 g/mol. The highest BCUT2D eigenvalue weighted by molar-refractivity contribution is 5.91. The number of piperidine rings is 1. The van der Waals surface area contributed by atoms with Crippen molar-refractivity contribution < 1.29 is 19.0 Å². The Morgan fingerprint density at radius 1 is 1.41 bits per heavy atom. The van der Waals surface area contributed by atoms with Gasteiger partial charge in [-0.15, -0.1) is 0 Å². The Morgan fingerprint density at radius 3 is 2.64 bits per heavy atom. The highest BCUT2D eigenvalue weighted by Crippen LogP contribution is 2.34. The zero-order chi connectivity index (χ0) is 16.2. The van der Waals surface area contributed by atoms with E-state index in [0.717, 1.165) is 37.9 Å². The lowest BCUT2D eigenvalue weighted by atomic mass is 9.77. The number of hydrogen-bond donors (Lipinski definition) is 1. The summed E-state index contributed by atoms with van der Waals surface area (Å²) in [5.74, 6) is -0.946. The summed E-state index contributed by atoms with van der Waals surface area (Å²) in [5.41, 5.74) is 1.10. The van der Waals surface area contributed by atoms with Crippen LogP contribution in [0.25, 0.3) is 0 Å². The molecule has 0 saturated carbocycles. The number of benzene rings is 1. The molecule has 1 aliphatic rings. The molecule has 0 unspecified atom stereocenters. The number of halogens is 1. The van der Waals surface area contributed by atoms with E-state index in [4.69, 9.17) is 4.74 Å². The van der Waals surface area contributed by atoms with Crippen LogP contribution in [0.2, 0.25) is 0 Å². The molecule has 1 saturated heterocycles. The van der Waals surface area contributed by atoms with Crippen LogP contribution in [0.4, 0.5) is 4.39 Å². The molecule has 22 heavy (non-hydrogen) atoms. The van der Waals surface area contributed by atoms with Crippen LogP contribution in [0.15, 0.2) is 18.2 Å². The van der Waals surface area contributed by atoms with Crippen molar-refractivity contribution in [3.63, 3.8) is 0 Å². The largest absolute Gasteiger partial charge is 0.465 e. The number of rotatable bonds is 5. The van der Waals surface area contributed by atoms with Gasteiger partial charge in [-0.1, -0.05) is 13.0 Å². The smallest absolute Gasteiger partial charge is 0.338 e. The maximum absolute atomic E-state index is 13.4. The first kappa shape index (κ1) is 16.9. The SMILES string of the molecule is CCC1(CO)CCN(Cc2ccc(F)cc2C(=O)OC)CC1. The number of aliphatic hydroxyl groups is 1. The normalized spacial score (nSPS) is 18.2. The second kappa shape index (κ2) is 7.20. The fourth-order valence-corrected chi connectivity index (χ4v) is 3.04. The lowest BCUT2D eigenvalue weighted by molar-refractivity contribution is 0.0378. The van der Waals surface area contributed by atoms with Crippen molar-refractivity contribution in [1.29, 1.82) is 0 Å². The van der Waals surface area contributed by atoms with E-state index in [1.165, 1.54) is 19.2 Å². The van der Waals surface area contributed by atoms with E-state index < -0.39 is 11.8 Å². The van der Waals surface area contributed by atoms with E-state index in [1.54, 1.807) is 6.07 Å². The molecule has 2 rings (SSSR count). The Morgan fingerprint density at radius 2 is 2.09 bits per heavy atom. The summed E-state index contributed by atoms with van der Waals surface area (Å²) < 4.78 is 18.1. The topological polar surface area (TPSA) is 49.8 Å². The predicted octanol–water partition coefficient (Wildman–Crippen LogP) is 2.60. The van der Waals surface area contributed by atoms with Crippen molar-refractivity contribution in [1.82, 2.24) is 4.90 Å². The lowest BCUT2D eigenvalue weighted by Crippen LogP contribution is -2.41. The van der Waals surface area contributed by atoms with Gasteiger partial charge >= 0.3 is 5.97 Å². The summed E-state index contributed by atoms with van der Waals surface area (Å²) in [6.07, 6.45) is 2.85. The van der Waals surface area contributed by atoms with Gasteiger partial charge in [0.25, 0.3) is 0 Å². The van der Waals surface area contributed by atoms with Crippen molar-refractivity contribution in [3.05, 3.63) is 35.1 Å². The fourth-order valence-electron chi connectivity index (χ4n) is 3.04. The maximum Gasteiger partial charge on any atom is 0.338 e. The van der Waals surface area contributed by atoms with E-state index in [-0.39, 0.29) is 17.6 Å². The fraction of sp³-hybridized carbons (Fsp3) is 0.588. The van der Waals surface area contributed by atoms with Crippen LogP contribution in [0.5, 0.6) is 0 Å². The third-order valence-electron chi connectivity index (χ3n) is 4.87. The number of carbonyl (C=O) groups is 1. The van der Waals surface area contributed by atoms with Gasteiger partial charge in [0, 0.05) is 13.2 Å². The van der Waals surface area contributed by atoms with E-state index >= 15 is 0 Å². The minimum Gasteiger partial charge on any atom is -0.465 e. The number of likely N-dealkylation sites (tertiary alicyclic amines) is 1. The van der Waals surface area contributed by atoms with Crippen LogP contribution >= 0.6 is 0 Å².